The van der Waals surface area contributed by atoms with Crippen molar-refractivity contribution in [2.24, 2.45) is 0 Å². The molecule has 0 radical (unpaired) electrons. The summed E-state index contributed by atoms with van der Waals surface area (Å²) in [5.74, 6) is -1.64. The van der Waals surface area contributed by atoms with Gasteiger partial charge in [-0.2, -0.15) is 0 Å². The molecule has 0 aliphatic carbocycles. The fraction of sp³-hybridized carbons (Fsp3) is 0.486. The van der Waals surface area contributed by atoms with E-state index in [1.165, 1.54) is 15.9 Å². The van der Waals surface area contributed by atoms with Crippen molar-refractivity contribution in [2.45, 2.75) is 90.2 Å². The van der Waals surface area contributed by atoms with E-state index in [1.807, 2.05) is 4.57 Å². The van der Waals surface area contributed by atoms with Crippen molar-refractivity contribution in [2.75, 3.05) is 19.7 Å². The number of nitrogens with zero attached hydrogens (tertiary/aromatic N) is 4. The fourth-order valence-electron chi connectivity index (χ4n) is 6.86. The van der Waals surface area contributed by atoms with Crippen LogP contribution in [0.4, 0.5) is 18.0 Å². The molecular weight excluding hydrogens is 613 g/mol. The molecule has 6 rings (SSSR count). The van der Waals surface area contributed by atoms with Crippen LogP contribution in [0.1, 0.15) is 97.4 Å². The predicted octanol–water partition coefficient (Wildman–Crippen LogP) is 6.76. The minimum absolute atomic E-state index is 0.0863. The Hall–Kier alpha value is -4.35. The predicted molar refractivity (Wildman–Crippen MR) is 167 cm³/mol. The molecule has 47 heavy (non-hydrogen) atoms. The third-order valence-electron chi connectivity index (χ3n) is 9.08. The molecule has 0 N–H and O–H groups in total. The van der Waals surface area contributed by atoms with Crippen molar-refractivity contribution in [3.05, 3.63) is 76.4 Å². The number of alkyl halides is 3. The maximum atomic E-state index is 15.3. The summed E-state index contributed by atoms with van der Waals surface area (Å²) in [7, 11) is 0. The van der Waals surface area contributed by atoms with E-state index in [4.69, 9.17) is 9.47 Å². The Morgan fingerprint density at radius 2 is 1.83 bits per heavy atom. The third-order valence-corrected chi connectivity index (χ3v) is 9.08. The van der Waals surface area contributed by atoms with E-state index in [2.05, 4.69) is 4.98 Å². The maximum Gasteiger partial charge on any atom is 0.410 e. The number of aromatic nitrogens is 2. The van der Waals surface area contributed by atoms with Gasteiger partial charge in [0.05, 0.1) is 25.2 Å². The third kappa shape index (κ3) is 6.34. The number of ether oxygens (including phenoxy) is 2. The van der Waals surface area contributed by atoms with Crippen LogP contribution in [-0.4, -0.2) is 68.8 Å². The highest BCUT2D eigenvalue weighted by Crippen LogP contribution is 2.41. The number of carbonyl (C=O) groups is 3. The lowest BCUT2D eigenvalue weighted by atomic mass is 9.87. The number of imidazole rings is 1. The van der Waals surface area contributed by atoms with Crippen molar-refractivity contribution >= 4 is 18.0 Å². The molecule has 1 saturated heterocycles. The van der Waals surface area contributed by atoms with Crippen LogP contribution >= 0.6 is 0 Å². The smallest absolute Gasteiger partial charge is 0.410 e. The zero-order chi connectivity index (χ0) is 33.6. The van der Waals surface area contributed by atoms with Gasteiger partial charge in [-0.15, -0.1) is 0 Å². The summed E-state index contributed by atoms with van der Waals surface area (Å²) in [6.07, 6.45) is -1.11. The minimum atomic E-state index is -2.86. The van der Waals surface area contributed by atoms with Crippen molar-refractivity contribution in [3.8, 4) is 11.1 Å². The number of fused-ring (bicyclic) bond motifs is 2. The average Bonchev–Trinajstić information content (AvgIpc) is 3.73. The van der Waals surface area contributed by atoms with E-state index in [0.29, 0.717) is 36.2 Å². The van der Waals surface area contributed by atoms with Crippen molar-refractivity contribution < 1.29 is 37.0 Å². The number of esters is 1. The largest absolute Gasteiger partial charge is 0.464 e. The second kappa shape index (κ2) is 12.7. The SMILES string of the molecule is CCOC(=O)[C@@H](c1ncn2c1CCC2)N1Cc2c(cc(-c3ccc([C@H]4CCN(C(=O)OC(C)(C)C)C[C@@H]4F)cc3)cc2C(F)F)C1=O. The highest BCUT2D eigenvalue weighted by Gasteiger charge is 2.43. The van der Waals surface area contributed by atoms with Gasteiger partial charge in [0.2, 0.25) is 0 Å². The molecule has 250 valence electrons. The van der Waals surface area contributed by atoms with Gasteiger partial charge < -0.3 is 23.8 Å². The van der Waals surface area contributed by atoms with Gasteiger partial charge in [-0.1, -0.05) is 24.3 Å². The summed E-state index contributed by atoms with van der Waals surface area (Å²) in [5.41, 5.74) is 2.29. The number of hydrogen-bond donors (Lipinski definition) is 0. The van der Waals surface area contributed by atoms with Gasteiger partial charge in [-0.25, -0.2) is 27.7 Å². The Bertz CT molecular complexity index is 1680. The van der Waals surface area contributed by atoms with Crippen LogP contribution in [0.5, 0.6) is 0 Å². The molecular formula is C35H39F3N4O5. The Morgan fingerprint density at radius 1 is 1.09 bits per heavy atom. The number of rotatable bonds is 7. The topological polar surface area (TPSA) is 94.0 Å². The van der Waals surface area contributed by atoms with Crippen LogP contribution in [0.25, 0.3) is 11.1 Å². The van der Waals surface area contributed by atoms with Gasteiger partial charge in [0.25, 0.3) is 12.3 Å². The van der Waals surface area contributed by atoms with Gasteiger partial charge >= 0.3 is 12.1 Å². The molecule has 9 nitrogen and oxygen atoms in total. The molecule has 2 amide bonds. The Balaban J connectivity index is 1.25. The monoisotopic (exact) mass is 652 g/mol. The van der Waals surface area contributed by atoms with Crippen LogP contribution in [-0.2, 0) is 33.8 Å². The molecule has 3 aliphatic heterocycles. The zero-order valence-corrected chi connectivity index (χ0v) is 27.0. The summed E-state index contributed by atoms with van der Waals surface area (Å²) >= 11 is 0. The van der Waals surface area contributed by atoms with E-state index in [9.17, 15) is 23.2 Å². The molecule has 3 aliphatic rings. The lowest BCUT2D eigenvalue weighted by Gasteiger charge is -2.35. The van der Waals surface area contributed by atoms with Crippen LogP contribution < -0.4 is 0 Å². The number of likely N-dealkylation sites (tertiary alicyclic amines) is 1. The maximum absolute atomic E-state index is 15.3. The van der Waals surface area contributed by atoms with E-state index in [0.717, 1.165) is 24.2 Å². The number of halogens is 3. The molecule has 0 spiro atoms. The first kappa shape index (κ1) is 32.6. The molecule has 1 aromatic heterocycles. The molecule has 0 bridgehead atoms. The standard InChI is InChI=1S/C35H39F3N4O5/c1-5-46-33(44)30(29-28-7-6-13-41(28)19-39-29)42-17-26-24(31(37)38)15-22(16-25(26)32(42)43)20-8-10-21(11-9-20)23-12-14-40(18-27(23)36)34(45)47-35(2,3)4/h8-11,15-16,19,23,27,30-31H,5-7,12-14,17-18H2,1-4H3/t23-,27+,30-/m1/s1. The Labute approximate surface area is 271 Å². The van der Waals surface area contributed by atoms with E-state index < -0.39 is 48.1 Å². The molecule has 4 heterocycles. The zero-order valence-electron chi connectivity index (χ0n) is 27.0. The van der Waals surface area contributed by atoms with Crippen molar-refractivity contribution in [3.63, 3.8) is 0 Å². The van der Waals surface area contributed by atoms with E-state index >= 15 is 4.39 Å². The minimum Gasteiger partial charge on any atom is -0.464 e. The van der Waals surface area contributed by atoms with Gasteiger partial charge in [0, 0.05) is 42.4 Å². The number of piperidine rings is 1. The van der Waals surface area contributed by atoms with Gasteiger partial charge in [0.15, 0.2) is 6.04 Å². The summed E-state index contributed by atoms with van der Waals surface area (Å²) < 4.78 is 57.0. The van der Waals surface area contributed by atoms with E-state index in [1.54, 1.807) is 64.4 Å². The molecule has 1 fully saturated rings. The van der Waals surface area contributed by atoms with E-state index in [-0.39, 0.29) is 36.4 Å². The summed E-state index contributed by atoms with van der Waals surface area (Å²) in [4.78, 5) is 46.7. The lowest BCUT2D eigenvalue weighted by Crippen LogP contribution is -2.46. The second-order valence-corrected chi connectivity index (χ2v) is 13.3. The summed E-state index contributed by atoms with van der Waals surface area (Å²) in [6.45, 7) is 7.87. The van der Waals surface area contributed by atoms with Gasteiger partial charge in [-0.3, -0.25) is 4.79 Å². The number of hydrogen-bond acceptors (Lipinski definition) is 6. The first-order valence-electron chi connectivity index (χ1n) is 16.0. The highest BCUT2D eigenvalue weighted by molar-refractivity contribution is 6.02. The Kier molecular flexibility index (Phi) is 8.80. The fourth-order valence-corrected chi connectivity index (χ4v) is 6.86. The quantitative estimate of drug-likeness (QED) is 0.262. The first-order chi connectivity index (χ1) is 22.4. The number of benzene rings is 2. The first-order valence-corrected chi connectivity index (χ1v) is 16.0. The van der Waals surface area contributed by atoms with Gasteiger partial charge in [-0.05, 0) is 81.3 Å². The normalized spacial score (nSPS) is 20.0. The molecule has 3 aromatic rings. The number of amides is 2. The summed E-state index contributed by atoms with van der Waals surface area (Å²) in [6, 6.07) is 8.77. The molecule has 12 heteroatoms. The van der Waals surface area contributed by atoms with Crippen LogP contribution in [0.3, 0.4) is 0 Å². The highest BCUT2D eigenvalue weighted by atomic mass is 19.3. The average molecular weight is 653 g/mol. The van der Waals surface area contributed by atoms with Crippen LogP contribution in [0.15, 0.2) is 42.7 Å². The van der Waals surface area contributed by atoms with Gasteiger partial charge in [0.1, 0.15) is 11.8 Å². The number of carbonyl (C=O) groups excluding carboxylic acids is 3. The molecule has 0 saturated carbocycles. The molecule has 2 aromatic carbocycles. The van der Waals surface area contributed by atoms with Crippen LogP contribution in [0, 0.1) is 0 Å². The Morgan fingerprint density at radius 3 is 2.49 bits per heavy atom. The van der Waals surface area contributed by atoms with Crippen molar-refractivity contribution in [1.82, 2.24) is 19.4 Å². The molecule has 3 atom stereocenters. The number of aryl methyl sites for hydroxylation is 1. The lowest BCUT2D eigenvalue weighted by molar-refractivity contribution is -0.149. The summed E-state index contributed by atoms with van der Waals surface area (Å²) in [5, 5.41) is 0. The van der Waals surface area contributed by atoms with Crippen molar-refractivity contribution in [1.29, 1.82) is 0 Å². The van der Waals surface area contributed by atoms with Crippen LogP contribution in [0.2, 0.25) is 0 Å². The second-order valence-electron chi connectivity index (χ2n) is 13.3. The molecule has 0 unspecified atom stereocenters.